The zero-order chi connectivity index (χ0) is 24.1. The number of nitrogens with zero attached hydrogens (tertiary/aromatic N) is 1. The number of aliphatic hydroxyl groups excluding tert-OH is 1. The van der Waals surface area contributed by atoms with Gasteiger partial charge < -0.3 is 15.2 Å². The molecule has 0 aromatic carbocycles. The number of allylic oxidation sites excluding steroid dienone is 1. The van der Waals surface area contributed by atoms with Crippen LogP contribution in [0, 0.1) is 40.4 Å². The number of fused-ring (bicyclic) bond motifs is 5. The number of hydrogen-bond donors (Lipinski definition) is 2. The van der Waals surface area contributed by atoms with Crippen LogP contribution in [0.5, 0.6) is 5.88 Å². The van der Waals surface area contributed by atoms with Gasteiger partial charge in [0.25, 0.3) is 5.91 Å². The van der Waals surface area contributed by atoms with Crippen molar-refractivity contribution >= 4 is 5.91 Å². The van der Waals surface area contributed by atoms with Crippen LogP contribution in [-0.2, 0) is 0 Å². The highest BCUT2D eigenvalue weighted by molar-refractivity contribution is 5.94. The monoisotopic (exact) mass is 466 g/mol. The van der Waals surface area contributed by atoms with Crippen LogP contribution in [0.25, 0.3) is 0 Å². The van der Waals surface area contributed by atoms with Crippen LogP contribution in [0.2, 0.25) is 0 Å². The number of aromatic nitrogens is 1. The number of amides is 1. The molecule has 3 saturated carbocycles. The molecule has 186 valence electrons. The quantitative estimate of drug-likeness (QED) is 0.570. The summed E-state index contributed by atoms with van der Waals surface area (Å²) in [5.74, 6) is 3.88. The molecule has 0 saturated heterocycles. The maximum atomic E-state index is 11.9. The number of ether oxygens (including phenoxy) is 1. The third kappa shape index (κ3) is 3.88. The molecule has 1 heterocycles. The van der Waals surface area contributed by atoms with Crippen LogP contribution in [-0.4, -0.2) is 35.8 Å². The van der Waals surface area contributed by atoms with Gasteiger partial charge in [-0.15, -0.1) is 0 Å². The van der Waals surface area contributed by atoms with E-state index in [0.29, 0.717) is 40.7 Å². The first kappa shape index (κ1) is 23.8. The summed E-state index contributed by atoms with van der Waals surface area (Å²) in [6.07, 6.45) is 13.5. The second-order valence-corrected chi connectivity index (χ2v) is 12.1. The summed E-state index contributed by atoms with van der Waals surface area (Å²) in [6, 6.07) is 3.46. The number of carbonyl (C=O) groups excluding carboxylic acids is 1. The van der Waals surface area contributed by atoms with E-state index in [-0.39, 0.29) is 12.0 Å². The lowest BCUT2D eigenvalue weighted by atomic mass is 9.47. The molecule has 3 fully saturated rings. The van der Waals surface area contributed by atoms with E-state index in [4.69, 9.17) is 4.74 Å². The van der Waals surface area contributed by atoms with Gasteiger partial charge in [0.05, 0.1) is 12.7 Å². The molecule has 0 aliphatic heterocycles. The molecule has 5 nitrogen and oxygen atoms in total. The molecule has 5 heteroatoms. The third-order valence-electron chi connectivity index (χ3n) is 10.6. The van der Waals surface area contributed by atoms with E-state index in [2.05, 4.69) is 37.1 Å². The number of pyridine rings is 1. The van der Waals surface area contributed by atoms with Crippen molar-refractivity contribution in [2.24, 2.45) is 40.4 Å². The molecule has 4 aliphatic rings. The predicted octanol–water partition coefficient (Wildman–Crippen LogP) is 5.40. The molecule has 4 aliphatic carbocycles. The second kappa shape index (κ2) is 8.96. The van der Waals surface area contributed by atoms with Crippen LogP contribution in [0.1, 0.15) is 82.5 Å². The molecule has 2 N–H and O–H groups in total. The fraction of sp³-hybridized carbons (Fsp3) is 0.724. The highest BCUT2D eigenvalue weighted by Crippen LogP contribution is 2.67. The van der Waals surface area contributed by atoms with Crippen LogP contribution in [0.4, 0.5) is 0 Å². The molecule has 34 heavy (non-hydrogen) atoms. The lowest BCUT2D eigenvalue weighted by Gasteiger charge is -2.58. The fourth-order valence-corrected chi connectivity index (χ4v) is 8.72. The first-order valence-corrected chi connectivity index (χ1v) is 13.4. The summed E-state index contributed by atoms with van der Waals surface area (Å²) in [5, 5.41) is 12.9. The summed E-state index contributed by atoms with van der Waals surface area (Å²) in [6.45, 7) is 8.06. The van der Waals surface area contributed by atoms with E-state index in [1.807, 2.05) is 0 Å². The van der Waals surface area contributed by atoms with Gasteiger partial charge in [-0.2, -0.15) is 0 Å². The minimum atomic E-state index is -0.131. The lowest BCUT2D eigenvalue weighted by Crippen LogP contribution is -2.51. The Morgan fingerprint density at radius 3 is 2.85 bits per heavy atom. The Labute approximate surface area is 204 Å². The van der Waals surface area contributed by atoms with E-state index in [1.165, 1.54) is 32.1 Å². The van der Waals surface area contributed by atoms with E-state index >= 15 is 0 Å². The summed E-state index contributed by atoms with van der Waals surface area (Å²) in [4.78, 5) is 16.3. The van der Waals surface area contributed by atoms with Gasteiger partial charge in [0.2, 0.25) is 5.88 Å². The average molecular weight is 467 g/mol. The minimum Gasteiger partial charge on any atom is -0.477 e. The van der Waals surface area contributed by atoms with Gasteiger partial charge in [-0.3, -0.25) is 4.79 Å². The molecule has 1 aromatic rings. The van der Waals surface area contributed by atoms with Gasteiger partial charge in [-0.25, -0.2) is 4.98 Å². The summed E-state index contributed by atoms with van der Waals surface area (Å²) >= 11 is 0. The van der Waals surface area contributed by atoms with Gasteiger partial charge >= 0.3 is 0 Å². The lowest BCUT2D eigenvalue weighted by molar-refractivity contribution is -0.0592. The molecular formula is C29H42N2O3. The van der Waals surface area contributed by atoms with Gasteiger partial charge in [-0.1, -0.05) is 32.4 Å². The highest BCUT2D eigenvalue weighted by Gasteiger charge is 2.59. The van der Waals surface area contributed by atoms with E-state index < -0.39 is 0 Å². The van der Waals surface area contributed by atoms with Gasteiger partial charge in [0, 0.05) is 24.9 Å². The smallest absolute Gasteiger partial charge is 0.251 e. The van der Waals surface area contributed by atoms with Crippen LogP contribution in [0.3, 0.4) is 0 Å². The Morgan fingerprint density at radius 1 is 1.24 bits per heavy atom. The normalized spacial score (nSPS) is 39.8. The zero-order valence-corrected chi connectivity index (χ0v) is 21.3. The van der Waals surface area contributed by atoms with Crippen molar-refractivity contribution in [2.75, 3.05) is 13.7 Å². The Balaban J connectivity index is 1.28. The van der Waals surface area contributed by atoms with Crippen molar-refractivity contribution in [3.8, 4) is 5.88 Å². The molecule has 5 rings (SSSR count). The van der Waals surface area contributed by atoms with Crippen LogP contribution < -0.4 is 10.1 Å². The van der Waals surface area contributed by atoms with E-state index in [1.54, 1.807) is 31.0 Å². The molecular weight excluding hydrogens is 424 g/mol. The average Bonchev–Trinajstić information content (AvgIpc) is 3.20. The first-order chi connectivity index (χ1) is 16.3. The van der Waals surface area contributed by atoms with Gasteiger partial charge in [-0.05, 0) is 97.9 Å². The number of rotatable bonds is 5. The first-order valence-electron chi connectivity index (χ1n) is 13.4. The molecule has 0 radical (unpaired) electrons. The summed E-state index contributed by atoms with van der Waals surface area (Å²) in [5.41, 5.74) is 2.81. The Kier molecular flexibility index (Phi) is 6.29. The minimum absolute atomic E-state index is 0.117. The van der Waals surface area contributed by atoms with E-state index in [9.17, 15) is 9.90 Å². The third-order valence-corrected chi connectivity index (χ3v) is 10.6. The van der Waals surface area contributed by atoms with Crippen molar-refractivity contribution in [2.45, 2.75) is 78.2 Å². The van der Waals surface area contributed by atoms with Gasteiger partial charge in [0.15, 0.2) is 0 Å². The molecule has 1 amide bonds. The molecule has 0 spiro atoms. The number of nitrogens with one attached hydrogen (secondary N) is 1. The molecule has 1 unspecified atom stereocenters. The van der Waals surface area contributed by atoms with Crippen molar-refractivity contribution in [3.63, 3.8) is 0 Å². The number of aliphatic hydroxyl groups is 1. The Morgan fingerprint density at radius 2 is 2.06 bits per heavy atom. The summed E-state index contributed by atoms with van der Waals surface area (Å²) < 4.78 is 6.12. The summed E-state index contributed by atoms with van der Waals surface area (Å²) in [7, 11) is 1.64. The largest absolute Gasteiger partial charge is 0.477 e. The van der Waals surface area contributed by atoms with Crippen molar-refractivity contribution in [3.05, 3.63) is 35.5 Å². The molecule has 1 aromatic heterocycles. The van der Waals surface area contributed by atoms with Gasteiger partial charge in [0.1, 0.15) is 0 Å². The highest BCUT2D eigenvalue weighted by atomic mass is 16.5. The van der Waals surface area contributed by atoms with Crippen molar-refractivity contribution in [1.29, 1.82) is 0 Å². The van der Waals surface area contributed by atoms with Crippen molar-refractivity contribution in [1.82, 2.24) is 10.3 Å². The maximum Gasteiger partial charge on any atom is 0.251 e. The predicted molar refractivity (Wildman–Crippen MR) is 133 cm³/mol. The number of hydrogen-bond acceptors (Lipinski definition) is 4. The number of carbonyl (C=O) groups is 1. The standard InChI is InChI=1S/C29H42N2O3/c1-18(17-34-26-15-19(11-14-31-26)27(33)30-4)23-7-8-24-22-6-5-20-16-21(32)9-12-28(20,2)25(22)10-13-29(23,24)3/h5,11,14-15,18,21-25,32H,6-10,12-13,16-17H2,1-4H3,(H,30,33)/t18?,21-,22-,23+,24-,25-,28-,29+/m0/s1. The SMILES string of the molecule is CNC(=O)c1ccnc(OCC(C)[C@H]2CC[C@H]3[C@@H]4CC=C5C[C@@H](O)CC[C@]5(C)[C@H]4CC[C@]23C)c1. The molecule has 0 bridgehead atoms. The Bertz CT molecular complexity index is 960. The second-order valence-electron chi connectivity index (χ2n) is 12.1. The Hall–Kier alpha value is -1.88. The topological polar surface area (TPSA) is 71.5 Å². The van der Waals surface area contributed by atoms with Crippen molar-refractivity contribution < 1.29 is 14.6 Å². The molecule has 8 atom stereocenters. The maximum absolute atomic E-state index is 11.9. The van der Waals surface area contributed by atoms with Crippen LogP contribution in [0.15, 0.2) is 30.0 Å². The van der Waals surface area contributed by atoms with Crippen LogP contribution >= 0.6 is 0 Å². The fourth-order valence-electron chi connectivity index (χ4n) is 8.72. The zero-order valence-electron chi connectivity index (χ0n) is 21.3. The van der Waals surface area contributed by atoms with E-state index in [0.717, 1.165) is 37.0 Å².